The number of amides is 1. The van der Waals surface area contributed by atoms with Crippen LogP contribution < -0.4 is 10.1 Å². The maximum Gasteiger partial charge on any atom is 0.230 e. The summed E-state index contributed by atoms with van der Waals surface area (Å²) < 4.78 is 5.79. The van der Waals surface area contributed by atoms with Gasteiger partial charge in [0.1, 0.15) is 5.75 Å². The first kappa shape index (κ1) is 16.0. The highest BCUT2D eigenvalue weighted by molar-refractivity contribution is 5.95. The Balaban J connectivity index is 1.45. The Morgan fingerprint density at radius 3 is 2.38 bits per heavy atom. The molecule has 4 saturated carbocycles. The number of anilines is 1. The second-order valence-corrected chi connectivity index (χ2v) is 8.88. The van der Waals surface area contributed by atoms with Crippen LogP contribution in [0.25, 0.3) is 0 Å². The SMILES string of the molecule is CC(C)COc1cccc(NC(=O)C23CC4CC(CC(C4)C2)C3)c1. The maximum atomic E-state index is 13.1. The predicted octanol–water partition coefficient (Wildman–Crippen LogP) is 4.88. The van der Waals surface area contributed by atoms with E-state index in [0.717, 1.165) is 48.5 Å². The number of hydrogen-bond donors (Lipinski definition) is 1. The number of hydrogen-bond acceptors (Lipinski definition) is 2. The molecule has 1 aromatic carbocycles. The van der Waals surface area contributed by atoms with E-state index in [9.17, 15) is 4.79 Å². The summed E-state index contributed by atoms with van der Waals surface area (Å²) in [6.45, 7) is 4.98. The van der Waals surface area contributed by atoms with Crippen molar-refractivity contribution in [3.05, 3.63) is 24.3 Å². The Morgan fingerprint density at radius 2 is 1.79 bits per heavy atom. The topological polar surface area (TPSA) is 38.3 Å². The molecule has 4 fully saturated rings. The fraction of sp³-hybridized carbons (Fsp3) is 0.667. The molecule has 0 spiro atoms. The molecule has 4 bridgehead atoms. The number of carbonyl (C=O) groups excluding carboxylic acids is 1. The fourth-order valence-electron chi connectivity index (χ4n) is 5.58. The van der Waals surface area contributed by atoms with Gasteiger partial charge in [-0.1, -0.05) is 19.9 Å². The van der Waals surface area contributed by atoms with Gasteiger partial charge in [-0.2, -0.15) is 0 Å². The Labute approximate surface area is 145 Å². The smallest absolute Gasteiger partial charge is 0.230 e. The molecule has 5 rings (SSSR count). The van der Waals surface area contributed by atoms with Gasteiger partial charge in [0, 0.05) is 11.8 Å². The van der Waals surface area contributed by atoms with Gasteiger partial charge in [-0.3, -0.25) is 4.79 Å². The lowest BCUT2D eigenvalue weighted by atomic mass is 9.49. The van der Waals surface area contributed by atoms with Gasteiger partial charge in [0.05, 0.1) is 12.0 Å². The van der Waals surface area contributed by atoms with E-state index in [1.165, 1.54) is 19.3 Å². The molecule has 0 aromatic heterocycles. The number of carbonyl (C=O) groups is 1. The number of nitrogens with one attached hydrogen (secondary N) is 1. The predicted molar refractivity (Wildman–Crippen MR) is 96.0 cm³/mol. The van der Waals surface area contributed by atoms with Crippen LogP contribution in [-0.4, -0.2) is 12.5 Å². The molecule has 3 heteroatoms. The third-order valence-corrected chi connectivity index (χ3v) is 6.20. The molecule has 1 aromatic rings. The third kappa shape index (κ3) is 3.05. The molecular formula is C21H29NO2. The summed E-state index contributed by atoms with van der Waals surface area (Å²) in [5, 5.41) is 3.21. The summed E-state index contributed by atoms with van der Waals surface area (Å²) in [5.74, 6) is 3.97. The minimum absolute atomic E-state index is 0.0937. The molecule has 3 nitrogen and oxygen atoms in total. The van der Waals surface area contributed by atoms with E-state index in [1.54, 1.807) is 0 Å². The van der Waals surface area contributed by atoms with Gasteiger partial charge in [0.25, 0.3) is 0 Å². The summed E-state index contributed by atoms with van der Waals surface area (Å²) in [6.07, 6.45) is 7.41. The van der Waals surface area contributed by atoms with E-state index in [1.807, 2.05) is 24.3 Å². The van der Waals surface area contributed by atoms with Crippen LogP contribution in [0.5, 0.6) is 5.75 Å². The van der Waals surface area contributed by atoms with Gasteiger partial charge < -0.3 is 10.1 Å². The molecule has 4 aliphatic rings. The zero-order chi connectivity index (χ0) is 16.7. The van der Waals surface area contributed by atoms with E-state index in [2.05, 4.69) is 19.2 Å². The molecule has 0 saturated heterocycles. The highest BCUT2D eigenvalue weighted by Crippen LogP contribution is 2.60. The van der Waals surface area contributed by atoms with Crippen molar-refractivity contribution >= 4 is 11.6 Å². The van der Waals surface area contributed by atoms with Crippen LogP contribution in [0.3, 0.4) is 0 Å². The molecule has 4 aliphatic carbocycles. The molecule has 1 amide bonds. The van der Waals surface area contributed by atoms with Crippen molar-refractivity contribution in [2.24, 2.45) is 29.1 Å². The first-order valence-corrected chi connectivity index (χ1v) is 9.57. The number of rotatable bonds is 5. The van der Waals surface area contributed by atoms with E-state index in [0.29, 0.717) is 12.5 Å². The quantitative estimate of drug-likeness (QED) is 0.837. The van der Waals surface area contributed by atoms with Crippen molar-refractivity contribution in [2.45, 2.75) is 52.4 Å². The summed E-state index contributed by atoms with van der Waals surface area (Å²) in [4.78, 5) is 13.1. The molecule has 0 unspecified atom stereocenters. The Hall–Kier alpha value is -1.51. The first-order chi connectivity index (χ1) is 11.5. The molecular weight excluding hydrogens is 298 g/mol. The highest BCUT2D eigenvalue weighted by Gasteiger charge is 2.54. The Kier molecular flexibility index (Phi) is 4.06. The maximum absolute atomic E-state index is 13.1. The zero-order valence-corrected chi connectivity index (χ0v) is 14.9. The van der Waals surface area contributed by atoms with E-state index < -0.39 is 0 Å². The van der Waals surface area contributed by atoms with E-state index >= 15 is 0 Å². The van der Waals surface area contributed by atoms with Gasteiger partial charge in [-0.05, 0) is 74.3 Å². The summed E-state index contributed by atoms with van der Waals surface area (Å²) in [5.41, 5.74) is 0.779. The lowest BCUT2D eigenvalue weighted by Gasteiger charge is -2.55. The van der Waals surface area contributed by atoms with Crippen LogP contribution in [0.15, 0.2) is 24.3 Å². The standard InChI is InChI=1S/C21H29NO2/c1-14(2)13-24-19-5-3-4-18(9-19)22-20(23)21-10-15-6-16(11-21)8-17(7-15)12-21/h3-5,9,14-17H,6-8,10-13H2,1-2H3,(H,22,23). The molecule has 0 aliphatic heterocycles. The monoisotopic (exact) mass is 327 g/mol. The van der Waals surface area contributed by atoms with E-state index in [4.69, 9.17) is 4.74 Å². The van der Waals surface area contributed by atoms with Crippen LogP contribution >= 0.6 is 0 Å². The number of benzene rings is 1. The lowest BCUT2D eigenvalue weighted by Crippen LogP contribution is -2.51. The second-order valence-electron chi connectivity index (χ2n) is 8.88. The molecule has 130 valence electrons. The average molecular weight is 327 g/mol. The van der Waals surface area contributed by atoms with Crippen molar-refractivity contribution in [3.63, 3.8) is 0 Å². The van der Waals surface area contributed by atoms with Crippen LogP contribution in [0, 0.1) is 29.1 Å². The zero-order valence-electron chi connectivity index (χ0n) is 14.9. The van der Waals surface area contributed by atoms with Crippen molar-refractivity contribution in [1.82, 2.24) is 0 Å². The van der Waals surface area contributed by atoms with Crippen LogP contribution in [-0.2, 0) is 4.79 Å². The largest absolute Gasteiger partial charge is 0.493 e. The summed E-state index contributed by atoms with van der Waals surface area (Å²) in [7, 11) is 0. The molecule has 24 heavy (non-hydrogen) atoms. The lowest BCUT2D eigenvalue weighted by molar-refractivity contribution is -0.140. The van der Waals surface area contributed by atoms with Gasteiger partial charge in [0.15, 0.2) is 0 Å². The van der Waals surface area contributed by atoms with Gasteiger partial charge in [-0.25, -0.2) is 0 Å². The molecule has 1 N–H and O–H groups in total. The van der Waals surface area contributed by atoms with Crippen molar-refractivity contribution in [2.75, 3.05) is 11.9 Å². The first-order valence-electron chi connectivity index (χ1n) is 9.57. The minimum atomic E-state index is -0.0937. The van der Waals surface area contributed by atoms with Gasteiger partial charge in [0.2, 0.25) is 5.91 Å². The van der Waals surface area contributed by atoms with Crippen molar-refractivity contribution in [1.29, 1.82) is 0 Å². The van der Waals surface area contributed by atoms with Gasteiger partial charge in [-0.15, -0.1) is 0 Å². The normalized spacial score (nSPS) is 33.7. The van der Waals surface area contributed by atoms with Crippen LogP contribution in [0.4, 0.5) is 5.69 Å². The fourth-order valence-corrected chi connectivity index (χ4v) is 5.58. The molecule has 0 radical (unpaired) electrons. The number of ether oxygens (including phenoxy) is 1. The van der Waals surface area contributed by atoms with Crippen LogP contribution in [0.2, 0.25) is 0 Å². The van der Waals surface area contributed by atoms with E-state index in [-0.39, 0.29) is 11.3 Å². The van der Waals surface area contributed by atoms with Gasteiger partial charge >= 0.3 is 0 Å². The molecule has 0 atom stereocenters. The van der Waals surface area contributed by atoms with Crippen molar-refractivity contribution < 1.29 is 9.53 Å². The second kappa shape index (κ2) is 6.09. The minimum Gasteiger partial charge on any atom is -0.493 e. The Bertz CT molecular complexity index is 587. The highest BCUT2D eigenvalue weighted by atomic mass is 16.5. The van der Waals surface area contributed by atoms with Crippen molar-refractivity contribution in [3.8, 4) is 5.75 Å². The summed E-state index contributed by atoms with van der Waals surface area (Å²) in [6, 6.07) is 7.86. The third-order valence-electron chi connectivity index (χ3n) is 6.20. The van der Waals surface area contributed by atoms with Crippen LogP contribution in [0.1, 0.15) is 52.4 Å². The Morgan fingerprint density at radius 1 is 1.17 bits per heavy atom. The summed E-state index contributed by atoms with van der Waals surface area (Å²) >= 11 is 0. The molecule has 0 heterocycles. The average Bonchev–Trinajstić information content (AvgIpc) is 2.52.